The third-order valence-corrected chi connectivity index (χ3v) is 4.19. The second-order valence-electron chi connectivity index (χ2n) is 4.94. The Bertz CT molecular complexity index is 444. The highest BCUT2D eigenvalue weighted by atomic mass is 16.5. The third kappa shape index (κ3) is 1.65. The first kappa shape index (κ1) is 10.8. The number of nitrogens with one attached hydrogen (secondary N) is 1. The van der Waals surface area contributed by atoms with Crippen LogP contribution < -0.4 is 5.32 Å². The first-order valence-corrected chi connectivity index (χ1v) is 6.17. The van der Waals surface area contributed by atoms with Gasteiger partial charge in [-0.25, -0.2) is 0 Å². The molecule has 1 saturated heterocycles. The lowest BCUT2D eigenvalue weighted by Crippen LogP contribution is -2.18. The predicted molar refractivity (Wildman–Crippen MR) is 64.9 cm³/mol. The van der Waals surface area contributed by atoms with Gasteiger partial charge >= 0.3 is 5.97 Å². The zero-order valence-corrected chi connectivity index (χ0v) is 9.98. The Hall–Kier alpha value is -1.35. The molecule has 3 atom stereocenters. The lowest BCUT2D eigenvalue weighted by atomic mass is 9.87. The molecular weight excluding hydrogens is 214 g/mol. The Morgan fingerprint density at radius 3 is 2.88 bits per heavy atom. The van der Waals surface area contributed by atoms with Gasteiger partial charge in [-0.05, 0) is 29.5 Å². The van der Waals surface area contributed by atoms with Crippen LogP contribution in [0.15, 0.2) is 24.3 Å². The van der Waals surface area contributed by atoms with Gasteiger partial charge < -0.3 is 10.1 Å². The van der Waals surface area contributed by atoms with Crippen molar-refractivity contribution in [2.45, 2.75) is 18.3 Å². The molecule has 17 heavy (non-hydrogen) atoms. The lowest BCUT2D eigenvalue weighted by molar-refractivity contribution is -0.141. The Morgan fingerprint density at radius 1 is 1.35 bits per heavy atom. The molecule has 1 heterocycles. The molecule has 1 fully saturated rings. The highest BCUT2D eigenvalue weighted by Crippen LogP contribution is 2.49. The molecule has 0 saturated carbocycles. The standard InChI is InChI=1S/C14H17NO2/c1-17-14(16)6-11-9-4-2-3-5-10(9)12-7-15-8-13(11)12/h2-5,11-13,15H,6-8H2,1H3/t11?,12-,13+/m0/s1. The fourth-order valence-electron chi connectivity index (χ4n) is 3.40. The van der Waals surface area contributed by atoms with Crippen molar-refractivity contribution in [3.05, 3.63) is 35.4 Å². The molecule has 90 valence electrons. The molecule has 3 nitrogen and oxygen atoms in total. The molecule has 0 bridgehead atoms. The topological polar surface area (TPSA) is 38.3 Å². The van der Waals surface area contributed by atoms with Crippen LogP contribution in [0.3, 0.4) is 0 Å². The van der Waals surface area contributed by atoms with E-state index < -0.39 is 0 Å². The quantitative estimate of drug-likeness (QED) is 0.786. The van der Waals surface area contributed by atoms with Crippen LogP contribution in [0.5, 0.6) is 0 Å². The summed E-state index contributed by atoms with van der Waals surface area (Å²) in [5.74, 6) is 1.38. The van der Waals surface area contributed by atoms with Crippen molar-refractivity contribution in [2.75, 3.05) is 20.2 Å². The van der Waals surface area contributed by atoms with Gasteiger partial charge in [-0.15, -0.1) is 0 Å². The Balaban J connectivity index is 1.94. The van der Waals surface area contributed by atoms with E-state index in [1.54, 1.807) is 0 Å². The number of fused-ring (bicyclic) bond motifs is 3. The fourth-order valence-corrected chi connectivity index (χ4v) is 3.40. The molecule has 0 spiro atoms. The van der Waals surface area contributed by atoms with Crippen molar-refractivity contribution < 1.29 is 9.53 Å². The van der Waals surface area contributed by atoms with Crippen molar-refractivity contribution in [3.63, 3.8) is 0 Å². The molecule has 0 radical (unpaired) electrons. The van der Waals surface area contributed by atoms with E-state index in [1.165, 1.54) is 18.2 Å². The number of ether oxygens (including phenoxy) is 1. The van der Waals surface area contributed by atoms with E-state index in [9.17, 15) is 4.79 Å². The Morgan fingerprint density at radius 2 is 2.12 bits per heavy atom. The number of esters is 1. The summed E-state index contributed by atoms with van der Waals surface area (Å²) in [5.41, 5.74) is 2.78. The van der Waals surface area contributed by atoms with Crippen molar-refractivity contribution in [1.29, 1.82) is 0 Å². The minimum Gasteiger partial charge on any atom is -0.469 e. The van der Waals surface area contributed by atoms with Gasteiger partial charge in [0, 0.05) is 12.5 Å². The average molecular weight is 231 g/mol. The summed E-state index contributed by atoms with van der Waals surface area (Å²) in [4.78, 5) is 11.5. The maximum absolute atomic E-state index is 11.5. The molecule has 1 aliphatic carbocycles. The summed E-state index contributed by atoms with van der Waals surface area (Å²) in [6.45, 7) is 2.06. The van der Waals surface area contributed by atoms with Crippen molar-refractivity contribution >= 4 is 5.97 Å². The zero-order chi connectivity index (χ0) is 11.8. The van der Waals surface area contributed by atoms with Crippen LogP contribution in [0.25, 0.3) is 0 Å². The monoisotopic (exact) mass is 231 g/mol. The van der Waals surface area contributed by atoms with E-state index in [0.29, 0.717) is 24.2 Å². The molecule has 3 rings (SSSR count). The number of carbonyl (C=O) groups is 1. The molecule has 0 amide bonds. The molecule has 1 unspecified atom stereocenters. The summed E-state index contributed by atoms with van der Waals surface area (Å²) in [6.07, 6.45) is 0.510. The third-order valence-electron chi connectivity index (χ3n) is 4.19. The molecule has 0 aromatic heterocycles. The normalized spacial score (nSPS) is 29.8. The van der Waals surface area contributed by atoms with Crippen molar-refractivity contribution in [2.24, 2.45) is 5.92 Å². The van der Waals surface area contributed by atoms with Crippen LogP contribution in [0.1, 0.15) is 29.4 Å². The molecule has 2 aliphatic rings. The average Bonchev–Trinajstić information content (AvgIpc) is 2.93. The van der Waals surface area contributed by atoms with Crippen LogP contribution in [-0.4, -0.2) is 26.2 Å². The first-order valence-electron chi connectivity index (χ1n) is 6.17. The smallest absolute Gasteiger partial charge is 0.306 e. The van der Waals surface area contributed by atoms with Crippen LogP contribution in [0.2, 0.25) is 0 Å². The van der Waals surface area contributed by atoms with Gasteiger partial charge in [0.25, 0.3) is 0 Å². The number of hydrogen-bond donors (Lipinski definition) is 1. The predicted octanol–water partition coefficient (Wildman–Crippen LogP) is 1.65. The van der Waals surface area contributed by atoms with Gasteiger partial charge in [0.15, 0.2) is 0 Å². The number of rotatable bonds is 2. The maximum Gasteiger partial charge on any atom is 0.306 e. The highest BCUT2D eigenvalue weighted by Gasteiger charge is 2.43. The van der Waals surface area contributed by atoms with Crippen LogP contribution in [0, 0.1) is 5.92 Å². The van der Waals surface area contributed by atoms with Gasteiger partial charge in [-0.2, -0.15) is 0 Å². The summed E-state index contributed by atoms with van der Waals surface area (Å²) in [6, 6.07) is 8.53. The second kappa shape index (κ2) is 4.15. The van der Waals surface area contributed by atoms with Crippen molar-refractivity contribution in [1.82, 2.24) is 5.32 Å². The number of methoxy groups -OCH3 is 1. The first-order chi connectivity index (χ1) is 8.31. The minimum atomic E-state index is -0.0997. The molecular formula is C14H17NO2. The van der Waals surface area contributed by atoms with E-state index in [1.807, 2.05) is 0 Å². The Labute approximate surface area is 101 Å². The number of hydrogen-bond acceptors (Lipinski definition) is 3. The molecule has 1 aromatic rings. The SMILES string of the molecule is COC(=O)CC1c2ccccc2[C@@H]2CNC[C@H]12. The van der Waals surface area contributed by atoms with Crippen LogP contribution >= 0.6 is 0 Å². The van der Waals surface area contributed by atoms with Gasteiger partial charge in [0.2, 0.25) is 0 Å². The maximum atomic E-state index is 11.5. The lowest BCUT2D eigenvalue weighted by Gasteiger charge is -2.17. The fraction of sp³-hybridized carbons (Fsp3) is 0.500. The zero-order valence-electron chi connectivity index (χ0n) is 9.98. The minimum absolute atomic E-state index is 0.0997. The summed E-state index contributed by atoms with van der Waals surface area (Å²) in [5, 5.41) is 3.43. The summed E-state index contributed by atoms with van der Waals surface area (Å²) >= 11 is 0. The van der Waals surface area contributed by atoms with Crippen molar-refractivity contribution in [3.8, 4) is 0 Å². The molecule has 1 aromatic carbocycles. The van der Waals surface area contributed by atoms with Gasteiger partial charge in [-0.3, -0.25) is 4.79 Å². The van der Waals surface area contributed by atoms with Gasteiger partial charge in [0.05, 0.1) is 13.5 Å². The van der Waals surface area contributed by atoms with Crippen LogP contribution in [-0.2, 0) is 9.53 Å². The largest absolute Gasteiger partial charge is 0.469 e. The van der Waals surface area contributed by atoms with E-state index in [2.05, 4.69) is 29.6 Å². The van der Waals surface area contributed by atoms with E-state index in [-0.39, 0.29) is 5.97 Å². The number of carbonyl (C=O) groups excluding carboxylic acids is 1. The highest BCUT2D eigenvalue weighted by molar-refractivity contribution is 5.71. The van der Waals surface area contributed by atoms with Crippen LogP contribution in [0.4, 0.5) is 0 Å². The summed E-state index contributed by atoms with van der Waals surface area (Å²) < 4.78 is 4.82. The van der Waals surface area contributed by atoms with E-state index >= 15 is 0 Å². The van der Waals surface area contributed by atoms with E-state index in [4.69, 9.17) is 4.74 Å². The van der Waals surface area contributed by atoms with Gasteiger partial charge in [-0.1, -0.05) is 24.3 Å². The summed E-state index contributed by atoms with van der Waals surface area (Å²) in [7, 11) is 1.47. The molecule has 1 N–H and O–H groups in total. The molecule has 1 aliphatic heterocycles. The van der Waals surface area contributed by atoms with Gasteiger partial charge in [0.1, 0.15) is 0 Å². The Kier molecular flexibility index (Phi) is 2.63. The molecule has 3 heteroatoms. The number of benzene rings is 1. The van der Waals surface area contributed by atoms with E-state index in [0.717, 1.165) is 13.1 Å². The second-order valence-corrected chi connectivity index (χ2v) is 4.94.